The predicted octanol–water partition coefficient (Wildman–Crippen LogP) is 5.81. The number of carboxylic acid groups (broad SMARTS) is 2. The smallest absolute Gasteiger partial charge is 0.350 e. The first kappa shape index (κ1) is 32.0. The number of hydrogen-bond acceptors (Lipinski definition) is 6. The average molecular weight is 611 g/mol. The lowest BCUT2D eigenvalue weighted by atomic mass is 9.92. The number of hydrogen-bond donors (Lipinski definition) is 4. The second-order valence-corrected chi connectivity index (χ2v) is 11.4. The SMILES string of the molecule is O=C(O)CCC(NC(=O)C(CSC(=O)C(c1ccccc1)c1ccccc1)Cc1ccccc1)(Nc1ccccc1)C(=O)O. The van der Waals surface area contributed by atoms with Crippen molar-refractivity contribution in [2.75, 3.05) is 11.1 Å². The zero-order valence-corrected chi connectivity index (χ0v) is 24.8. The van der Waals surface area contributed by atoms with Crippen molar-refractivity contribution >= 4 is 40.4 Å². The van der Waals surface area contributed by atoms with E-state index in [-0.39, 0.29) is 17.3 Å². The zero-order valence-electron chi connectivity index (χ0n) is 24.0. The van der Waals surface area contributed by atoms with Crippen molar-refractivity contribution in [3.8, 4) is 0 Å². The van der Waals surface area contributed by atoms with Crippen molar-refractivity contribution in [2.24, 2.45) is 5.92 Å². The zero-order chi connectivity index (χ0) is 31.4. The Morgan fingerprint density at radius 1 is 0.705 bits per heavy atom. The molecule has 44 heavy (non-hydrogen) atoms. The highest BCUT2D eigenvalue weighted by Gasteiger charge is 2.42. The van der Waals surface area contributed by atoms with Gasteiger partial charge in [0, 0.05) is 24.3 Å². The van der Waals surface area contributed by atoms with Crippen LogP contribution in [0.5, 0.6) is 0 Å². The van der Waals surface area contributed by atoms with Crippen molar-refractivity contribution in [1.82, 2.24) is 5.32 Å². The lowest BCUT2D eigenvalue weighted by Gasteiger charge is -2.33. The van der Waals surface area contributed by atoms with Crippen LogP contribution in [0.1, 0.15) is 35.4 Å². The Morgan fingerprint density at radius 2 is 1.20 bits per heavy atom. The number of thioether (sulfide) groups is 1. The number of aliphatic carboxylic acids is 2. The van der Waals surface area contributed by atoms with E-state index in [1.165, 1.54) is 0 Å². The molecule has 4 rings (SSSR count). The largest absolute Gasteiger partial charge is 0.481 e. The Labute approximate surface area is 260 Å². The van der Waals surface area contributed by atoms with Crippen molar-refractivity contribution in [1.29, 1.82) is 0 Å². The van der Waals surface area contributed by atoms with E-state index in [4.69, 9.17) is 0 Å². The average Bonchev–Trinajstić information content (AvgIpc) is 3.04. The van der Waals surface area contributed by atoms with E-state index in [9.17, 15) is 29.4 Å². The van der Waals surface area contributed by atoms with Gasteiger partial charge in [-0.15, -0.1) is 0 Å². The highest BCUT2D eigenvalue weighted by molar-refractivity contribution is 8.13. The van der Waals surface area contributed by atoms with Crippen LogP contribution in [0.4, 0.5) is 5.69 Å². The van der Waals surface area contributed by atoms with Gasteiger partial charge >= 0.3 is 11.9 Å². The minimum absolute atomic E-state index is 0.0791. The first-order valence-corrected chi connectivity index (χ1v) is 15.2. The number of para-hydroxylation sites is 1. The Bertz CT molecular complexity index is 1500. The summed E-state index contributed by atoms with van der Waals surface area (Å²) in [6.07, 6.45) is -0.667. The molecular weight excluding hydrogens is 576 g/mol. The molecule has 8 nitrogen and oxygen atoms in total. The van der Waals surface area contributed by atoms with Crippen LogP contribution in [0.25, 0.3) is 0 Å². The summed E-state index contributed by atoms with van der Waals surface area (Å²) >= 11 is 1.02. The second kappa shape index (κ2) is 15.5. The van der Waals surface area contributed by atoms with E-state index in [0.29, 0.717) is 5.69 Å². The summed E-state index contributed by atoms with van der Waals surface area (Å²) in [6.45, 7) is 0. The molecule has 226 valence electrons. The number of benzene rings is 4. The van der Waals surface area contributed by atoms with Crippen molar-refractivity contribution in [2.45, 2.75) is 30.8 Å². The third-order valence-electron chi connectivity index (χ3n) is 7.17. The van der Waals surface area contributed by atoms with Gasteiger partial charge in [0.05, 0.1) is 11.8 Å². The number of carbonyl (C=O) groups excluding carboxylic acids is 2. The van der Waals surface area contributed by atoms with Crippen LogP contribution < -0.4 is 10.6 Å². The van der Waals surface area contributed by atoms with E-state index in [1.54, 1.807) is 30.3 Å². The fourth-order valence-electron chi connectivity index (χ4n) is 4.89. The molecule has 0 fully saturated rings. The molecule has 9 heteroatoms. The van der Waals surface area contributed by atoms with Gasteiger partial charge in [0.25, 0.3) is 0 Å². The minimum Gasteiger partial charge on any atom is -0.481 e. The molecule has 0 aliphatic rings. The number of carbonyl (C=O) groups is 4. The lowest BCUT2D eigenvalue weighted by Crippen LogP contribution is -2.61. The molecule has 0 radical (unpaired) electrons. The van der Waals surface area contributed by atoms with Crippen molar-refractivity contribution in [3.05, 3.63) is 138 Å². The van der Waals surface area contributed by atoms with Crippen LogP contribution in [0, 0.1) is 5.92 Å². The van der Waals surface area contributed by atoms with Gasteiger partial charge < -0.3 is 20.8 Å². The van der Waals surface area contributed by atoms with Crippen LogP contribution in [0.3, 0.4) is 0 Å². The Hall–Kier alpha value is -4.89. The molecule has 0 spiro atoms. The van der Waals surface area contributed by atoms with Gasteiger partial charge in [-0.05, 0) is 35.2 Å². The highest BCUT2D eigenvalue weighted by Crippen LogP contribution is 2.31. The molecule has 0 heterocycles. The maximum absolute atomic E-state index is 13.9. The summed E-state index contributed by atoms with van der Waals surface area (Å²) in [5.74, 6) is -4.52. The van der Waals surface area contributed by atoms with E-state index in [1.807, 2.05) is 91.0 Å². The quantitative estimate of drug-likeness (QED) is 0.124. The molecule has 0 saturated carbocycles. The van der Waals surface area contributed by atoms with Gasteiger partial charge in [0.15, 0.2) is 0 Å². The van der Waals surface area contributed by atoms with Gasteiger partial charge in [-0.25, -0.2) is 4.79 Å². The number of amides is 1. The van der Waals surface area contributed by atoms with Gasteiger partial charge in [-0.3, -0.25) is 14.4 Å². The van der Waals surface area contributed by atoms with Gasteiger partial charge in [0.2, 0.25) is 16.7 Å². The molecule has 4 aromatic rings. The first-order chi connectivity index (χ1) is 21.3. The fourth-order valence-corrected chi connectivity index (χ4v) is 5.97. The Kier molecular flexibility index (Phi) is 11.3. The molecule has 0 bridgehead atoms. The van der Waals surface area contributed by atoms with E-state index in [2.05, 4.69) is 10.6 Å². The molecule has 4 N–H and O–H groups in total. The third-order valence-corrected chi connectivity index (χ3v) is 8.26. The molecule has 1 amide bonds. The molecular formula is C35H34N2O6S. The molecule has 2 unspecified atom stereocenters. The summed E-state index contributed by atoms with van der Waals surface area (Å²) in [4.78, 5) is 51.9. The van der Waals surface area contributed by atoms with E-state index >= 15 is 0 Å². The Balaban J connectivity index is 1.62. The van der Waals surface area contributed by atoms with Crippen LogP contribution in [-0.2, 0) is 25.6 Å². The maximum atomic E-state index is 13.9. The Morgan fingerprint density at radius 3 is 1.70 bits per heavy atom. The maximum Gasteiger partial charge on any atom is 0.350 e. The molecule has 0 aliphatic carbocycles. The van der Waals surface area contributed by atoms with Gasteiger partial charge in [0.1, 0.15) is 0 Å². The number of rotatable bonds is 15. The summed E-state index contributed by atoms with van der Waals surface area (Å²) in [6, 6.07) is 36.5. The standard InChI is InChI=1S/C35H34N2O6S/c38-30(39)21-22-35(34(42)43,36-29-19-11-4-12-20-29)37-32(40)28(23-25-13-5-1-6-14-25)24-44-33(41)31(26-15-7-2-8-16-26)27-17-9-3-10-18-27/h1-20,28,31,36H,21-24H2,(H,37,40)(H,38,39)(H,42,43). The molecule has 2 atom stereocenters. The van der Waals surface area contributed by atoms with Crippen LogP contribution in [-0.4, -0.2) is 44.6 Å². The fraction of sp³-hybridized carbons (Fsp3) is 0.200. The number of carboxylic acids is 2. The summed E-state index contributed by atoms with van der Waals surface area (Å²) in [7, 11) is 0. The monoisotopic (exact) mass is 610 g/mol. The van der Waals surface area contributed by atoms with Crippen molar-refractivity contribution < 1.29 is 29.4 Å². The molecule has 0 aliphatic heterocycles. The molecule has 0 aromatic heterocycles. The topological polar surface area (TPSA) is 133 Å². The van der Waals surface area contributed by atoms with Gasteiger partial charge in [-0.1, -0.05) is 121 Å². The van der Waals surface area contributed by atoms with Crippen molar-refractivity contribution in [3.63, 3.8) is 0 Å². The third kappa shape index (κ3) is 8.81. The minimum atomic E-state index is -2.10. The molecule has 4 aromatic carbocycles. The second-order valence-electron chi connectivity index (χ2n) is 10.4. The van der Waals surface area contributed by atoms with Crippen LogP contribution >= 0.6 is 11.8 Å². The lowest BCUT2D eigenvalue weighted by molar-refractivity contribution is -0.148. The summed E-state index contributed by atoms with van der Waals surface area (Å²) in [5.41, 5.74) is 0.790. The van der Waals surface area contributed by atoms with Crippen LogP contribution in [0.15, 0.2) is 121 Å². The number of anilines is 1. The summed E-state index contributed by atoms with van der Waals surface area (Å²) < 4.78 is 0. The van der Waals surface area contributed by atoms with E-state index < -0.39 is 48.2 Å². The van der Waals surface area contributed by atoms with Crippen LogP contribution in [0.2, 0.25) is 0 Å². The molecule has 0 saturated heterocycles. The predicted molar refractivity (Wildman–Crippen MR) is 171 cm³/mol. The van der Waals surface area contributed by atoms with E-state index in [0.717, 1.165) is 28.5 Å². The highest BCUT2D eigenvalue weighted by atomic mass is 32.2. The van der Waals surface area contributed by atoms with Gasteiger partial charge in [-0.2, -0.15) is 0 Å². The normalized spacial score (nSPS) is 12.9. The summed E-state index contributed by atoms with van der Waals surface area (Å²) in [5, 5.41) is 25.0. The first-order valence-electron chi connectivity index (χ1n) is 14.2. The number of nitrogens with one attached hydrogen (secondary N) is 2.